The van der Waals surface area contributed by atoms with Crippen LogP contribution in [0.25, 0.3) is 0 Å². The highest BCUT2D eigenvalue weighted by Gasteiger charge is 2.35. The fourth-order valence-electron chi connectivity index (χ4n) is 5.47. The zero-order valence-corrected chi connectivity index (χ0v) is 21.6. The number of piperidine rings is 1. The minimum Gasteiger partial charge on any atom is -0.394 e. The van der Waals surface area contributed by atoms with Crippen molar-refractivity contribution in [3.05, 3.63) is 51.9 Å². The van der Waals surface area contributed by atoms with E-state index < -0.39 is 5.91 Å². The third-order valence-corrected chi connectivity index (χ3v) is 7.76. The Morgan fingerprint density at radius 1 is 1.17 bits per heavy atom. The van der Waals surface area contributed by atoms with Crippen molar-refractivity contribution in [2.45, 2.75) is 50.7 Å². The lowest BCUT2D eigenvalue weighted by Crippen LogP contribution is -2.59. The number of anilines is 1. The van der Waals surface area contributed by atoms with Crippen molar-refractivity contribution in [2.75, 3.05) is 44.2 Å². The highest BCUT2D eigenvalue weighted by Crippen LogP contribution is 2.31. The molecule has 2 saturated heterocycles. The Morgan fingerprint density at radius 2 is 1.89 bits per heavy atom. The number of rotatable bonds is 8. The number of nitrogens with zero attached hydrogens (tertiary/aromatic N) is 5. The van der Waals surface area contributed by atoms with E-state index in [1.807, 2.05) is 24.3 Å². The first-order valence-electron chi connectivity index (χ1n) is 12.3. The molecule has 8 nitrogen and oxygen atoms in total. The number of carbonyl (C=O) groups excluding carboxylic acids is 1. The molecule has 1 aromatic heterocycles. The summed E-state index contributed by atoms with van der Waals surface area (Å²) in [5.41, 5.74) is 6.49. The first-order valence-corrected chi connectivity index (χ1v) is 13.1. The number of likely N-dealkylation sites (tertiary alicyclic amines) is 1. The molecule has 1 aromatic carbocycles. The normalized spacial score (nSPS) is 21.3. The highest BCUT2D eigenvalue weighted by atomic mass is 35.5. The monoisotopic (exact) mass is 520 g/mol. The number of aliphatic hydroxyl groups excluding tert-OH is 1. The fraction of sp³-hybridized carbons (Fsp3) is 0.560. The molecule has 2 fully saturated rings. The molecule has 2 aliphatic heterocycles. The van der Waals surface area contributed by atoms with Crippen molar-refractivity contribution in [1.82, 2.24) is 19.8 Å². The number of aliphatic hydroxyl groups is 1. The van der Waals surface area contributed by atoms with Gasteiger partial charge in [-0.3, -0.25) is 14.6 Å². The molecule has 3 heterocycles. The molecule has 0 saturated carbocycles. The predicted octanol–water partition coefficient (Wildman–Crippen LogP) is 3.37. The second-order valence-corrected chi connectivity index (χ2v) is 10.2. The number of nitrogens with two attached hydrogens (primary N) is 1. The van der Waals surface area contributed by atoms with Crippen LogP contribution in [0.5, 0.6) is 0 Å². The molecule has 0 unspecified atom stereocenters. The molecule has 35 heavy (non-hydrogen) atoms. The van der Waals surface area contributed by atoms with Crippen molar-refractivity contribution < 1.29 is 9.90 Å². The maximum Gasteiger partial charge on any atom is 0.268 e. The zero-order chi connectivity index (χ0) is 24.9. The maximum atomic E-state index is 11.4. The van der Waals surface area contributed by atoms with Crippen LogP contribution < -0.4 is 10.6 Å². The third-order valence-electron chi connectivity index (χ3n) is 7.25. The van der Waals surface area contributed by atoms with Gasteiger partial charge in [0.15, 0.2) is 11.0 Å². The summed E-state index contributed by atoms with van der Waals surface area (Å²) < 4.78 is 0. The Balaban J connectivity index is 1.40. The number of aromatic nitrogens is 2. The van der Waals surface area contributed by atoms with Gasteiger partial charge in [0, 0.05) is 49.8 Å². The Labute approximate surface area is 217 Å². The molecule has 0 aliphatic carbocycles. The number of hydrogen-bond donors (Lipinski definition) is 2. The molecule has 190 valence electrons. The third kappa shape index (κ3) is 6.06. The second-order valence-electron chi connectivity index (χ2n) is 9.38. The van der Waals surface area contributed by atoms with Gasteiger partial charge in [-0.2, -0.15) is 0 Å². The molecular weight excluding hydrogens is 487 g/mol. The van der Waals surface area contributed by atoms with Gasteiger partial charge in [0.1, 0.15) is 5.69 Å². The average molecular weight is 521 g/mol. The number of carbonyl (C=O) groups is 1. The Morgan fingerprint density at radius 3 is 2.49 bits per heavy atom. The Bertz CT molecular complexity index is 1000. The largest absolute Gasteiger partial charge is 0.394 e. The van der Waals surface area contributed by atoms with Gasteiger partial charge in [0.2, 0.25) is 0 Å². The van der Waals surface area contributed by atoms with E-state index in [9.17, 15) is 9.90 Å². The van der Waals surface area contributed by atoms with Crippen LogP contribution in [0.1, 0.15) is 54.7 Å². The van der Waals surface area contributed by atoms with Gasteiger partial charge < -0.3 is 15.7 Å². The number of halogens is 2. The summed E-state index contributed by atoms with van der Waals surface area (Å²) in [6.45, 7) is 6.75. The van der Waals surface area contributed by atoms with Gasteiger partial charge in [0.25, 0.3) is 5.91 Å². The number of hydrogen-bond acceptors (Lipinski definition) is 7. The van der Waals surface area contributed by atoms with Crippen molar-refractivity contribution in [3.63, 3.8) is 0 Å². The van der Waals surface area contributed by atoms with E-state index in [1.165, 1.54) is 6.20 Å². The van der Waals surface area contributed by atoms with E-state index in [4.69, 9.17) is 28.9 Å². The van der Waals surface area contributed by atoms with E-state index in [-0.39, 0.29) is 23.5 Å². The summed E-state index contributed by atoms with van der Waals surface area (Å²) in [5, 5.41) is 11.0. The van der Waals surface area contributed by atoms with E-state index in [1.54, 1.807) is 0 Å². The van der Waals surface area contributed by atoms with Gasteiger partial charge in [-0.1, -0.05) is 48.7 Å². The van der Waals surface area contributed by atoms with Gasteiger partial charge in [-0.15, -0.1) is 0 Å². The zero-order valence-electron chi connectivity index (χ0n) is 20.1. The summed E-state index contributed by atoms with van der Waals surface area (Å²) in [6, 6.07) is 8.70. The first-order chi connectivity index (χ1) is 16.9. The first kappa shape index (κ1) is 26.1. The molecule has 0 radical (unpaired) electrons. The van der Waals surface area contributed by atoms with Gasteiger partial charge >= 0.3 is 0 Å². The SMILES string of the molecule is CCC[C@H]1CN(c2ncc(C(N)=O)nc2Cl)CCN1C1CCN([C@@H](CO)c2ccc(Cl)cc2)CC1. The Kier molecular flexibility index (Phi) is 8.83. The topological polar surface area (TPSA) is 98.8 Å². The number of primary amides is 1. The summed E-state index contributed by atoms with van der Waals surface area (Å²) in [7, 11) is 0. The quantitative estimate of drug-likeness (QED) is 0.550. The minimum atomic E-state index is -0.634. The summed E-state index contributed by atoms with van der Waals surface area (Å²) >= 11 is 12.4. The van der Waals surface area contributed by atoms with Crippen molar-refractivity contribution >= 4 is 34.9 Å². The molecule has 1 amide bonds. The summed E-state index contributed by atoms with van der Waals surface area (Å²) in [4.78, 5) is 27.1. The molecular formula is C25H34Cl2N6O2. The smallest absolute Gasteiger partial charge is 0.268 e. The van der Waals surface area contributed by atoms with Crippen LogP contribution in [0.4, 0.5) is 5.82 Å². The molecule has 4 rings (SSSR count). The van der Waals surface area contributed by atoms with Gasteiger partial charge in [-0.05, 0) is 37.0 Å². The lowest BCUT2D eigenvalue weighted by Gasteiger charge is -2.48. The van der Waals surface area contributed by atoms with Crippen LogP contribution >= 0.6 is 23.2 Å². The van der Waals surface area contributed by atoms with E-state index in [2.05, 4.69) is 31.6 Å². The number of piperazine rings is 1. The molecule has 0 spiro atoms. The van der Waals surface area contributed by atoms with Crippen LogP contribution in [-0.4, -0.2) is 82.2 Å². The molecule has 2 aliphatic rings. The van der Waals surface area contributed by atoms with Crippen LogP contribution in [0, 0.1) is 0 Å². The average Bonchev–Trinajstić information content (AvgIpc) is 2.86. The van der Waals surface area contributed by atoms with Crippen molar-refractivity contribution in [1.29, 1.82) is 0 Å². The molecule has 0 bridgehead atoms. The van der Waals surface area contributed by atoms with E-state index in [0.717, 1.165) is 64.0 Å². The standard InChI is InChI=1S/C25H34Cl2N6O2/c1-2-3-20-15-32(25-23(27)30-21(14-29-25)24(28)35)12-13-33(20)19-8-10-31(11-9-19)22(16-34)17-4-6-18(26)7-5-17/h4-7,14,19-20,22,34H,2-3,8-13,15-16H2,1H3,(H2,28,35)/t20-,22-/m0/s1. The van der Waals surface area contributed by atoms with Gasteiger partial charge in [-0.25, -0.2) is 9.97 Å². The molecule has 2 atom stereocenters. The van der Waals surface area contributed by atoms with Crippen LogP contribution in [0.2, 0.25) is 10.2 Å². The van der Waals surface area contributed by atoms with E-state index >= 15 is 0 Å². The van der Waals surface area contributed by atoms with E-state index in [0.29, 0.717) is 22.9 Å². The van der Waals surface area contributed by atoms with Gasteiger partial charge in [0.05, 0.1) is 18.8 Å². The number of amides is 1. The Hall–Kier alpha value is -1.97. The van der Waals surface area contributed by atoms with Crippen molar-refractivity contribution in [2.24, 2.45) is 5.73 Å². The maximum absolute atomic E-state index is 11.4. The number of benzene rings is 1. The molecule has 2 aromatic rings. The van der Waals surface area contributed by atoms with Crippen LogP contribution in [0.15, 0.2) is 30.5 Å². The van der Waals surface area contributed by atoms with Crippen LogP contribution in [0.3, 0.4) is 0 Å². The predicted molar refractivity (Wildman–Crippen MR) is 139 cm³/mol. The summed E-state index contributed by atoms with van der Waals surface area (Å²) in [5.74, 6) is -0.0218. The molecule has 3 N–H and O–H groups in total. The highest BCUT2D eigenvalue weighted by molar-refractivity contribution is 6.32. The van der Waals surface area contributed by atoms with Crippen molar-refractivity contribution in [3.8, 4) is 0 Å². The lowest BCUT2D eigenvalue weighted by atomic mass is 9.95. The summed E-state index contributed by atoms with van der Waals surface area (Å²) in [6.07, 6.45) is 5.72. The molecule has 10 heteroatoms. The second kappa shape index (κ2) is 11.8. The minimum absolute atomic E-state index is 0.000549. The van der Waals surface area contributed by atoms with Crippen LogP contribution in [-0.2, 0) is 0 Å². The lowest BCUT2D eigenvalue weighted by molar-refractivity contribution is 0.0343. The fourth-order valence-corrected chi connectivity index (χ4v) is 5.85.